The maximum Gasteiger partial charge on any atom is 0.695 e. The maximum atomic E-state index is 10.5. The van der Waals surface area contributed by atoms with Crippen LogP contribution in [-0.2, 0) is 22.9 Å². The summed E-state index contributed by atoms with van der Waals surface area (Å²) in [5.41, 5.74) is 0. The monoisotopic (exact) mass is 275 g/mol. The van der Waals surface area contributed by atoms with Crippen LogP contribution in [0.2, 0.25) is 0 Å². The average Bonchev–Trinajstić information content (AvgIpc) is 2.40. The molecule has 16 heavy (non-hydrogen) atoms. The standard InChI is InChI=1S/C6H12O8P2/c1-4-2-5(14-15(7)8)6(13-4)3-12-16(9,10)11/h4-6H,2-3H2,1H3,(H2-,7,8,9,10,11)/p+1. The molecule has 1 heterocycles. The highest BCUT2D eigenvalue weighted by Crippen LogP contribution is 2.38. The zero-order chi connectivity index (χ0) is 12.3. The van der Waals surface area contributed by atoms with Crippen molar-refractivity contribution in [3.8, 4) is 0 Å². The van der Waals surface area contributed by atoms with E-state index in [0.29, 0.717) is 6.42 Å². The molecule has 4 unspecified atom stereocenters. The van der Waals surface area contributed by atoms with Gasteiger partial charge in [-0.2, -0.15) is 0 Å². The molecule has 8 nitrogen and oxygen atoms in total. The van der Waals surface area contributed by atoms with Crippen molar-refractivity contribution in [1.29, 1.82) is 0 Å². The summed E-state index contributed by atoms with van der Waals surface area (Å²) in [6, 6.07) is 0. The molecule has 0 aliphatic carbocycles. The van der Waals surface area contributed by atoms with Gasteiger partial charge in [0.05, 0.1) is 12.7 Å². The fourth-order valence-electron chi connectivity index (χ4n) is 1.46. The number of hydrogen-bond donors (Lipinski definition) is 3. The Hall–Kier alpha value is 0.0900. The number of ether oxygens (including phenoxy) is 1. The Morgan fingerprint density at radius 2 is 2.19 bits per heavy atom. The molecule has 0 aromatic rings. The Kier molecular flexibility index (Phi) is 4.97. The molecule has 94 valence electrons. The van der Waals surface area contributed by atoms with Gasteiger partial charge in [-0.05, 0) is 6.92 Å². The van der Waals surface area contributed by atoms with E-state index in [-0.39, 0.29) is 12.7 Å². The van der Waals surface area contributed by atoms with E-state index in [1.165, 1.54) is 0 Å². The van der Waals surface area contributed by atoms with E-state index in [4.69, 9.17) is 19.4 Å². The highest BCUT2D eigenvalue weighted by Gasteiger charge is 2.40. The van der Waals surface area contributed by atoms with E-state index in [0.717, 1.165) is 0 Å². The first-order chi connectivity index (χ1) is 7.28. The molecule has 10 heteroatoms. The zero-order valence-electron chi connectivity index (χ0n) is 8.42. The Morgan fingerprint density at radius 1 is 1.56 bits per heavy atom. The van der Waals surface area contributed by atoms with Crippen LogP contribution in [0.25, 0.3) is 0 Å². The minimum absolute atomic E-state index is 0.217. The fraction of sp³-hybridized carbons (Fsp3) is 1.00. The fourth-order valence-corrected chi connectivity index (χ4v) is 2.26. The van der Waals surface area contributed by atoms with Gasteiger partial charge in [0.1, 0.15) is 12.2 Å². The summed E-state index contributed by atoms with van der Waals surface area (Å²) in [7, 11) is -7.35. The van der Waals surface area contributed by atoms with Crippen LogP contribution in [0.5, 0.6) is 0 Å². The number of phosphoric ester groups is 1. The van der Waals surface area contributed by atoms with Crippen LogP contribution < -0.4 is 0 Å². The first kappa shape index (κ1) is 14.2. The van der Waals surface area contributed by atoms with Crippen LogP contribution in [0, 0.1) is 0 Å². The molecule has 3 N–H and O–H groups in total. The van der Waals surface area contributed by atoms with Gasteiger partial charge in [0.2, 0.25) is 0 Å². The van der Waals surface area contributed by atoms with Gasteiger partial charge in [-0.25, -0.2) is 4.57 Å². The van der Waals surface area contributed by atoms with E-state index >= 15 is 0 Å². The SMILES string of the molecule is CC1CC(O[P+](=O)O)C(COP(=O)(O)O)O1. The molecule has 1 fully saturated rings. The lowest BCUT2D eigenvalue weighted by Gasteiger charge is -2.14. The minimum Gasteiger partial charge on any atom is -0.370 e. The van der Waals surface area contributed by atoms with Crippen molar-refractivity contribution in [3.63, 3.8) is 0 Å². The molecule has 0 bridgehead atoms. The number of rotatable bonds is 5. The summed E-state index contributed by atoms with van der Waals surface area (Å²) in [6.07, 6.45) is -1.30. The zero-order valence-corrected chi connectivity index (χ0v) is 10.2. The second kappa shape index (κ2) is 5.62. The molecule has 4 atom stereocenters. The van der Waals surface area contributed by atoms with Gasteiger partial charge in [0.15, 0.2) is 0 Å². The van der Waals surface area contributed by atoms with Gasteiger partial charge in [0.25, 0.3) is 0 Å². The van der Waals surface area contributed by atoms with Crippen LogP contribution >= 0.6 is 16.1 Å². The topological polar surface area (TPSA) is 123 Å². The predicted molar refractivity (Wildman–Crippen MR) is 51.6 cm³/mol. The Morgan fingerprint density at radius 3 is 2.69 bits per heavy atom. The van der Waals surface area contributed by atoms with Crippen molar-refractivity contribution in [2.45, 2.75) is 31.7 Å². The molecule has 1 aliphatic rings. The molecule has 0 radical (unpaired) electrons. The lowest BCUT2D eigenvalue weighted by atomic mass is 10.1. The molecule has 0 spiro atoms. The molecule has 0 saturated carbocycles. The third kappa shape index (κ3) is 4.95. The number of phosphoric acid groups is 1. The van der Waals surface area contributed by atoms with Crippen LogP contribution in [0.3, 0.4) is 0 Å². The third-order valence-corrected chi connectivity index (χ3v) is 2.96. The van der Waals surface area contributed by atoms with Crippen molar-refractivity contribution < 1.29 is 37.6 Å². The maximum absolute atomic E-state index is 10.5. The highest BCUT2D eigenvalue weighted by atomic mass is 31.2. The molecule has 1 rings (SSSR count). The summed E-state index contributed by atoms with van der Waals surface area (Å²) < 4.78 is 35.1. The van der Waals surface area contributed by atoms with Crippen LogP contribution in [-0.4, -0.2) is 39.6 Å². The Bertz CT molecular complexity index is 301. The second-order valence-corrected chi connectivity index (χ2v) is 5.31. The smallest absolute Gasteiger partial charge is 0.370 e. The van der Waals surface area contributed by atoms with E-state index in [9.17, 15) is 9.13 Å². The van der Waals surface area contributed by atoms with Gasteiger partial charge in [0, 0.05) is 11.0 Å². The van der Waals surface area contributed by atoms with Crippen molar-refractivity contribution >= 4 is 16.1 Å². The Balaban J connectivity index is 2.49. The summed E-state index contributed by atoms with van der Waals surface area (Å²) >= 11 is 0. The molecule has 1 saturated heterocycles. The second-order valence-electron chi connectivity index (χ2n) is 3.39. The van der Waals surface area contributed by atoms with E-state index < -0.39 is 28.3 Å². The van der Waals surface area contributed by atoms with E-state index in [1.54, 1.807) is 6.92 Å². The molecule has 0 amide bonds. The van der Waals surface area contributed by atoms with Gasteiger partial charge < -0.3 is 14.5 Å². The van der Waals surface area contributed by atoms with Crippen molar-refractivity contribution in [1.82, 2.24) is 0 Å². The molecule has 1 aliphatic heterocycles. The molecular formula is C6H13O8P2+. The van der Waals surface area contributed by atoms with Crippen molar-refractivity contribution in [3.05, 3.63) is 0 Å². The summed E-state index contributed by atoms with van der Waals surface area (Å²) in [6.45, 7) is 1.33. The third-order valence-electron chi connectivity index (χ3n) is 2.02. The highest BCUT2D eigenvalue weighted by molar-refractivity contribution is 7.46. The number of hydrogen-bond acceptors (Lipinski definition) is 5. The van der Waals surface area contributed by atoms with Gasteiger partial charge in [-0.1, -0.05) is 0 Å². The molecule has 0 aromatic carbocycles. The van der Waals surface area contributed by atoms with E-state index in [2.05, 4.69) is 9.05 Å². The van der Waals surface area contributed by atoms with Crippen molar-refractivity contribution in [2.75, 3.05) is 6.61 Å². The largest absolute Gasteiger partial charge is 0.695 e. The molecular weight excluding hydrogens is 262 g/mol. The normalized spacial score (nSPS) is 31.8. The first-order valence-electron chi connectivity index (χ1n) is 4.46. The summed E-state index contributed by atoms with van der Waals surface area (Å²) in [5.74, 6) is 0. The lowest BCUT2D eigenvalue weighted by molar-refractivity contribution is -0.0111. The van der Waals surface area contributed by atoms with Gasteiger partial charge in [-0.3, -0.25) is 4.52 Å². The lowest BCUT2D eigenvalue weighted by Crippen LogP contribution is -2.27. The quantitative estimate of drug-likeness (QED) is 0.612. The average molecular weight is 275 g/mol. The van der Waals surface area contributed by atoms with Crippen LogP contribution in [0.15, 0.2) is 0 Å². The summed E-state index contributed by atoms with van der Waals surface area (Å²) in [5, 5.41) is 0. The van der Waals surface area contributed by atoms with E-state index in [1.807, 2.05) is 0 Å². The minimum atomic E-state index is -4.57. The van der Waals surface area contributed by atoms with Crippen LogP contribution in [0.1, 0.15) is 13.3 Å². The summed E-state index contributed by atoms with van der Waals surface area (Å²) in [4.78, 5) is 25.6. The van der Waals surface area contributed by atoms with Crippen molar-refractivity contribution in [2.24, 2.45) is 0 Å². The van der Waals surface area contributed by atoms with Gasteiger partial charge >= 0.3 is 16.1 Å². The molecule has 0 aromatic heterocycles. The van der Waals surface area contributed by atoms with Gasteiger partial charge in [-0.15, -0.1) is 9.42 Å². The van der Waals surface area contributed by atoms with Crippen LogP contribution in [0.4, 0.5) is 0 Å². The predicted octanol–water partition coefficient (Wildman–Crippen LogP) is 0.308. The Labute approximate surface area is 92.7 Å². The first-order valence-corrected chi connectivity index (χ1v) is 7.12.